The molecule has 3 nitrogen and oxygen atoms in total. The molecule has 2 heterocycles. The zero-order valence-electron chi connectivity index (χ0n) is 11.2. The number of rotatable bonds is 2. The van der Waals surface area contributed by atoms with Gasteiger partial charge < -0.3 is 10.3 Å². The first-order chi connectivity index (χ1) is 10.2. The zero-order valence-corrected chi connectivity index (χ0v) is 12.7. The number of nitrogens with zero attached hydrogens (tertiary/aromatic N) is 1. The summed E-state index contributed by atoms with van der Waals surface area (Å²) >= 11 is 12.1. The number of anilines is 1. The van der Waals surface area contributed by atoms with Crippen LogP contribution in [0.25, 0.3) is 11.0 Å². The second-order valence-electron chi connectivity index (χ2n) is 5.34. The Morgan fingerprint density at radius 1 is 1.14 bits per heavy atom. The predicted molar refractivity (Wildman–Crippen MR) is 87.5 cm³/mol. The fourth-order valence-electron chi connectivity index (χ4n) is 2.93. The van der Waals surface area contributed by atoms with Crippen molar-refractivity contribution in [2.24, 2.45) is 0 Å². The number of H-pyrrole nitrogens is 1. The Hall–Kier alpha value is -1.71. The Kier molecular flexibility index (Phi) is 3.05. The van der Waals surface area contributed by atoms with E-state index in [1.807, 2.05) is 6.07 Å². The fraction of sp³-hybridized carbons (Fsp3) is 0.188. The Bertz CT molecular complexity index is 787. The van der Waals surface area contributed by atoms with Crippen LogP contribution in [0.3, 0.4) is 0 Å². The van der Waals surface area contributed by atoms with E-state index >= 15 is 0 Å². The van der Waals surface area contributed by atoms with Gasteiger partial charge >= 0.3 is 0 Å². The number of aromatic amines is 1. The molecule has 0 fully saturated rings. The second kappa shape index (κ2) is 4.93. The molecule has 0 saturated carbocycles. The number of nitrogens with one attached hydrogen (secondary N) is 2. The molecular weight excluding hydrogens is 305 g/mol. The molecule has 1 atom stereocenters. The van der Waals surface area contributed by atoms with E-state index < -0.39 is 0 Å². The maximum absolute atomic E-state index is 6.04. The summed E-state index contributed by atoms with van der Waals surface area (Å²) in [6, 6.07) is 12.1. The molecule has 1 aromatic heterocycles. The molecule has 1 aliphatic heterocycles. The first-order valence-electron chi connectivity index (χ1n) is 6.87. The summed E-state index contributed by atoms with van der Waals surface area (Å²) in [7, 11) is 0. The number of fused-ring (bicyclic) bond motifs is 2. The minimum Gasteiger partial charge on any atom is -0.384 e. The molecule has 0 aliphatic carbocycles. The summed E-state index contributed by atoms with van der Waals surface area (Å²) in [4.78, 5) is 7.96. The van der Waals surface area contributed by atoms with Crippen molar-refractivity contribution < 1.29 is 0 Å². The molecule has 21 heavy (non-hydrogen) atoms. The van der Waals surface area contributed by atoms with Gasteiger partial charge in [0.25, 0.3) is 0 Å². The molecule has 0 amide bonds. The van der Waals surface area contributed by atoms with Gasteiger partial charge in [-0.1, -0.05) is 41.4 Å². The smallest absolute Gasteiger partial charge is 0.107 e. The van der Waals surface area contributed by atoms with Gasteiger partial charge in [-0.2, -0.15) is 0 Å². The third-order valence-electron chi connectivity index (χ3n) is 3.95. The van der Waals surface area contributed by atoms with Crippen LogP contribution in [-0.4, -0.2) is 16.5 Å². The van der Waals surface area contributed by atoms with E-state index in [1.54, 1.807) is 6.07 Å². The summed E-state index contributed by atoms with van der Waals surface area (Å²) in [6.07, 6.45) is 0.869. The van der Waals surface area contributed by atoms with Gasteiger partial charge in [-0.3, -0.25) is 0 Å². The highest BCUT2D eigenvalue weighted by Crippen LogP contribution is 2.33. The van der Waals surface area contributed by atoms with Gasteiger partial charge in [-0.25, -0.2) is 4.98 Å². The quantitative estimate of drug-likeness (QED) is 0.724. The number of benzene rings is 2. The van der Waals surface area contributed by atoms with Gasteiger partial charge in [0.15, 0.2) is 0 Å². The molecular formula is C16H13Cl2N3. The number of para-hydroxylation sites is 1. The molecule has 0 bridgehead atoms. The van der Waals surface area contributed by atoms with Gasteiger partial charge in [0.2, 0.25) is 0 Å². The number of halogens is 2. The molecule has 106 valence electrons. The van der Waals surface area contributed by atoms with E-state index in [2.05, 4.69) is 39.6 Å². The Balaban J connectivity index is 1.66. The van der Waals surface area contributed by atoms with Crippen LogP contribution in [0.5, 0.6) is 0 Å². The maximum Gasteiger partial charge on any atom is 0.107 e. The Labute approximate surface area is 132 Å². The normalized spacial score (nSPS) is 17.0. The number of hydrogen-bond donors (Lipinski definition) is 2. The van der Waals surface area contributed by atoms with Gasteiger partial charge in [-0.05, 0) is 23.8 Å². The van der Waals surface area contributed by atoms with E-state index in [4.69, 9.17) is 23.2 Å². The number of aromatic nitrogens is 2. The lowest BCUT2D eigenvalue weighted by molar-refractivity contribution is 0.723. The van der Waals surface area contributed by atoms with Crippen LogP contribution in [0.1, 0.15) is 17.3 Å². The van der Waals surface area contributed by atoms with E-state index in [9.17, 15) is 0 Å². The van der Waals surface area contributed by atoms with Crippen molar-refractivity contribution in [2.75, 3.05) is 11.9 Å². The van der Waals surface area contributed by atoms with Gasteiger partial charge in [0.05, 0.1) is 21.1 Å². The van der Waals surface area contributed by atoms with Crippen molar-refractivity contribution >= 4 is 39.9 Å². The summed E-state index contributed by atoms with van der Waals surface area (Å²) in [6.45, 7) is 0.942. The summed E-state index contributed by atoms with van der Waals surface area (Å²) in [5.41, 5.74) is 4.37. The van der Waals surface area contributed by atoms with Crippen molar-refractivity contribution in [2.45, 2.75) is 12.3 Å². The van der Waals surface area contributed by atoms with Crippen molar-refractivity contribution in [3.63, 3.8) is 0 Å². The van der Waals surface area contributed by atoms with Crippen LogP contribution in [0, 0.1) is 0 Å². The van der Waals surface area contributed by atoms with Gasteiger partial charge in [0.1, 0.15) is 5.82 Å². The van der Waals surface area contributed by atoms with E-state index in [0.29, 0.717) is 16.0 Å². The number of hydrogen-bond acceptors (Lipinski definition) is 2. The van der Waals surface area contributed by atoms with Crippen molar-refractivity contribution in [3.8, 4) is 0 Å². The van der Waals surface area contributed by atoms with Crippen LogP contribution >= 0.6 is 23.2 Å². The monoisotopic (exact) mass is 317 g/mol. The average Bonchev–Trinajstić information content (AvgIpc) is 3.04. The predicted octanol–water partition coefficient (Wildman–Crippen LogP) is 4.62. The largest absolute Gasteiger partial charge is 0.384 e. The third-order valence-corrected chi connectivity index (χ3v) is 4.67. The fourth-order valence-corrected chi connectivity index (χ4v) is 3.25. The molecule has 1 unspecified atom stereocenters. The lowest BCUT2D eigenvalue weighted by atomic mass is 9.98. The second-order valence-corrected chi connectivity index (χ2v) is 6.15. The van der Waals surface area contributed by atoms with Crippen LogP contribution in [0.15, 0.2) is 36.4 Å². The maximum atomic E-state index is 6.04. The Morgan fingerprint density at radius 2 is 1.95 bits per heavy atom. The molecule has 0 saturated heterocycles. The average molecular weight is 318 g/mol. The molecule has 0 radical (unpaired) electrons. The highest BCUT2D eigenvalue weighted by atomic mass is 35.5. The van der Waals surface area contributed by atoms with Crippen LogP contribution < -0.4 is 5.32 Å². The first-order valence-corrected chi connectivity index (χ1v) is 7.63. The molecule has 3 aromatic rings. The van der Waals surface area contributed by atoms with Gasteiger partial charge in [-0.15, -0.1) is 0 Å². The molecule has 5 heteroatoms. The van der Waals surface area contributed by atoms with E-state index in [-0.39, 0.29) is 0 Å². The molecule has 2 aromatic carbocycles. The summed E-state index contributed by atoms with van der Waals surface area (Å²) in [5, 5.41) is 4.52. The molecule has 2 N–H and O–H groups in total. The molecule has 4 rings (SSSR count). The number of imidazole rings is 1. The standard InChI is InChI=1S/C16H13Cl2N3/c17-11-6-14-15(7-12(11)18)21-16(20-14)5-9-8-19-13-4-2-1-3-10(9)13/h1-4,6-7,9,19H,5,8H2,(H,20,21). The van der Waals surface area contributed by atoms with Gasteiger partial charge in [0, 0.05) is 24.6 Å². The van der Waals surface area contributed by atoms with Crippen molar-refractivity contribution in [3.05, 3.63) is 57.8 Å². The summed E-state index contributed by atoms with van der Waals surface area (Å²) in [5.74, 6) is 1.40. The van der Waals surface area contributed by atoms with Crippen LogP contribution in [0.4, 0.5) is 5.69 Å². The minimum absolute atomic E-state index is 0.438. The van der Waals surface area contributed by atoms with Crippen LogP contribution in [0.2, 0.25) is 10.0 Å². The van der Waals surface area contributed by atoms with Crippen molar-refractivity contribution in [1.82, 2.24) is 9.97 Å². The topological polar surface area (TPSA) is 40.7 Å². The Morgan fingerprint density at radius 3 is 2.86 bits per heavy atom. The third kappa shape index (κ3) is 2.27. The highest BCUT2D eigenvalue weighted by molar-refractivity contribution is 6.42. The highest BCUT2D eigenvalue weighted by Gasteiger charge is 2.23. The molecule has 0 spiro atoms. The lowest BCUT2D eigenvalue weighted by Crippen LogP contribution is -2.06. The zero-order chi connectivity index (χ0) is 14.4. The molecule has 1 aliphatic rings. The SMILES string of the molecule is Clc1cc2nc(CC3CNc4ccccc43)[nH]c2cc1Cl. The van der Waals surface area contributed by atoms with E-state index in [0.717, 1.165) is 29.8 Å². The minimum atomic E-state index is 0.438. The lowest BCUT2D eigenvalue weighted by Gasteiger charge is -2.07. The summed E-state index contributed by atoms with van der Waals surface area (Å²) < 4.78 is 0. The van der Waals surface area contributed by atoms with E-state index in [1.165, 1.54) is 11.3 Å². The van der Waals surface area contributed by atoms with Crippen LogP contribution in [-0.2, 0) is 6.42 Å². The first kappa shape index (κ1) is 13.0. The van der Waals surface area contributed by atoms with Crippen molar-refractivity contribution in [1.29, 1.82) is 0 Å².